The van der Waals surface area contributed by atoms with E-state index < -0.39 is 0 Å². The maximum absolute atomic E-state index is 12.7. The summed E-state index contributed by atoms with van der Waals surface area (Å²) < 4.78 is 10.5. The molecule has 6 heteroatoms. The third kappa shape index (κ3) is 2.55. The van der Waals surface area contributed by atoms with Gasteiger partial charge < -0.3 is 9.47 Å². The maximum atomic E-state index is 12.7. The van der Waals surface area contributed by atoms with Gasteiger partial charge in [-0.2, -0.15) is 8.75 Å². The zero-order valence-corrected chi connectivity index (χ0v) is 14.2. The Labute approximate surface area is 143 Å². The van der Waals surface area contributed by atoms with Crippen molar-refractivity contribution in [2.24, 2.45) is 7.05 Å². The Morgan fingerprint density at radius 2 is 1.96 bits per heavy atom. The summed E-state index contributed by atoms with van der Waals surface area (Å²) >= 11 is 1.20. The molecule has 1 amide bonds. The topological polar surface area (TPSA) is 51.0 Å². The van der Waals surface area contributed by atoms with Crippen LogP contribution in [0.1, 0.15) is 15.9 Å². The minimum Gasteiger partial charge on any atom is -0.351 e. The van der Waals surface area contributed by atoms with Crippen molar-refractivity contribution in [3.8, 4) is 0 Å². The Morgan fingerprint density at radius 1 is 1.12 bits per heavy atom. The fourth-order valence-corrected chi connectivity index (χ4v) is 3.40. The van der Waals surface area contributed by atoms with Crippen LogP contribution in [0.15, 0.2) is 48.7 Å². The van der Waals surface area contributed by atoms with E-state index in [0.29, 0.717) is 12.1 Å². The van der Waals surface area contributed by atoms with Crippen molar-refractivity contribution in [1.82, 2.24) is 18.2 Å². The summed E-state index contributed by atoms with van der Waals surface area (Å²) in [5.74, 6) is 0.00889. The van der Waals surface area contributed by atoms with Gasteiger partial charge in [-0.3, -0.25) is 4.79 Å². The van der Waals surface area contributed by atoms with Crippen molar-refractivity contribution >= 4 is 39.6 Å². The van der Waals surface area contributed by atoms with Gasteiger partial charge in [0, 0.05) is 37.9 Å². The molecule has 0 saturated carbocycles. The summed E-state index contributed by atoms with van der Waals surface area (Å²) in [5, 5.41) is 1.14. The highest BCUT2D eigenvalue weighted by molar-refractivity contribution is 7.00. The van der Waals surface area contributed by atoms with Gasteiger partial charge in [0.2, 0.25) is 0 Å². The summed E-state index contributed by atoms with van der Waals surface area (Å²) in [6.45, 7) is 0.539. The third-order valence-corrected chi connectivity index (χ3v) is 4.78. The fraction of sp³-hybridized carbons (Fsp3) is 0.167. The zero-order valence-electron chi connectivity index (χ0n) is 13.4. The molecule has 2 aromatic carbocycles. The lowest BCUT2D eigenvalue weighted by atomic mass is 10.1. The van der Waals surface area contributed by atoms with Gasteiger partial charge in [0.15, 0.2) is 0 Å². The number of aromatic nitrogens is 3. The van der Waals surface area contributed by atoms with E-state index in [0.717, 1.165) is 27.5 Å². The molecule has 4 rings (SSSR count). The largest absolute Gasteiger partial charge is 0.351 e. The Hall–Kier alpha value is -2.73. The predicted octanol–water partition coefficient (Wildman–Crippen LogP) is 3.46. The molecular weight excluding hydrogens is 320 g/mol. The SMILES string of the molecule is CN(Cc1ccc2nsnc2c1)C(=O)c1ccc2ccn(C)c2c1. The van der Waals surface area contributed by atoms with Crippen LogP contribution >= 0.6 is 11.7 Å². The number of nitrogens with zero attached hydrogens (tertiary/aromatic N) is 4. The van der Waals surface area contributed by atoms with Crippen molar-refractivity contribution in [1.29, 1.82) is 0 Å². The first-order chi connectivity index (χ1) is 11.6. The van der Waals surface area contributed by atoms with E-state index in [9.17, 15) is 4.79 Å². The molecule has 0 atom stereocenters. The number of benzene rings is 2. The minimum absolute atomic E-state index is 0.00889. The predicted molar refractivity (Wildman–Crippen MR) is 96.1 cm³/mol. The van der Waals surface area contributed by atoms with E-state index in [1.165, 1.54) is 11.7 Å². The lowest BCUT2D eigenvalue weighted by molar-refractivity contribution is 0.0785. The molecule has 0 spiro atoms. The summed E-state index contributed by atoms with van der Waals surface area (Å²) in [7, 11) is 3.80. The lowest BCUT2D eigenvalue weighted by Crippen LogP contribution is -2.26. The molecular formula is C18H16N4OS. The van der Waals surface area contributed by atoms with E-state index in [1.54, 1.807) is 4.90 Å². The number of amides is 1. The first-order valence-electron chi connectivity index (χ1n) is 7.63. The molecule has 0 radical (unpaired) electrons. The standard InChI is InChI=1S/C18H16N4OS/c1-21-8-7-13-4-5-14(10-17(13)21)18(23)22(2)11-12-3-6-15-16(9-12)20-24-19-15/h3-10H,11H2,1-2H3. The number of carbonyl (C=O) groups is 1. The normalized spacial score (nSPS) is 11.2. The average Bonchev–Trinajstić information content (AvgIpc) is 3.20. The summed E-state index contributed by atoms with van der Waals surface area (Å²) in [5.41, 5.74) is 4.58. The van der Waals surface area contributed by atoms with Crippen molar-refractivity contribution < 1.29 is 4.79 Å². The Kier molecular flexibility index (Phi) is 3.54. The van der Waals surface area contributed by atoms with E-state index >= 15 is 0 Å². The van der Waals surface area contributed by atoms with E-state index in [2.05, 4.69) is 8.75 Å². The quantitative estimate of drug-likeness (QED) is 0.576. The highest BCUT2D eigenvalue weighted by Crippen LogP contribution is 2.19. The van der Waals surface area contributed by atoms with Crippen LogP contribution in [0.5, 0.6) is 0 Å². The second kappa shape index (κ2) is 5.72. The molecule has 0 unspecified atom stereocenters. The zero-order chi connectivity index (χ0) is 16.7. The molecule has 0 N–H and O–H groups in total. The number of hydrogen-bond donors (Lipinski definition) is 0. The molecule has 0 bridgehead atoms. The second-order valence-corrected chi connectivity index (χ2v) is 6.48. The molecule has 0 aliphatic heterocycles. The molecule has 5 nitrogen and oxygen atoms in total. The number of aryl methyl sites for hydroxylation is 1. The Morgan fingerprint density at radius 3 is 2.83 bits per heavy atom. The maximum Gasteiger partial charge on any atom is 0.253 e. The summed E-state index contributed by atoms with van der Waals surface area (Å²) in [4.78, 5) is 14.5. The molecule has 4 aromatic rings. The second-order valence-electron chi connectivity index (χ2n) is 5.95. The van der Waals surface area contributed by atoms with Gasteiger partial charge in [0.1, 0.15) is 11.0 Å². The number of hydrogen-bond acceptors (Lipinski definition) is 4. The van der Waals surface area contributed by atoms with Gasteiger partial charge in [-0.1, -0.05) is 12.1 Å². The van der Waals surface area contributed by atoms with E-state index in [1.807, 2.05) is 67.3 Å². The van der Waals surface area contributed by atoms with Gasteiger partial charge in [-0.05, 0) is 41.3 Å². The number of fused-ring (bicyclic) bond motifs is 2. The Bertz CT molecular complexity index is 1050. The first-order valence-corrected chi connectivity index (χ1v) is 8.36. The van der Waals surface area contributed by atoms with Crippen LogP contribution in [-0.2, 0) is 13.6 Å². The van der Waals surface area contributed by atoms with Crippen LogP contribution in [-0.4, -0.2) is 31.2 Å². The highest BCUT2D eigenvalue weighted by Gasteiger charge is 2.14. The molecule has 24 heavy (non-hydrogen) atoms. The van der Waals surface area contributed by atoms with Crippen molar-refractivity contribution in [3.63, 3.8) is 0 Å². The number of rotatable bonds is 3. The van der Waals surface area contributed by atoms with Gasteiger partial charge in [-0.25, -0.2) is 0 Å². The number of carbonyl (C=O) groups excluding carboxylic acids is 1. The van der Waals surface area contributed by atoms with Crippen LogP contribution in [0.3, 0.4) is 0 Å². The lowest BCUT2D eigenvalue weighted by Gasteiger charge is -2.17. The minimum atomic E-state index is 0.00889. The van der Waals surface area contributed by atoms with Crippen LogP contribution in [0.25, 0.3) is 21.9 Å². The van der Waals surface area contributed by atoms with E-state index in [4.69, 9.17) is 0 Å². The highest BCUT2D eigenvalue weighted by atomic mass is 32.1. The molecule has 2 heterocycles. The van der Waals surface area contributed by atoms with Gasteiger partial charge in [0.05, 0.1) is 11.7 Å². The Balaban J connectivity index is 1.58. The molecule has 0 aliphatic rings. The summed E-state index contributed by atoms with van der Waals surface area (Å²) in [6, 6.07) is 13.8. The van der Waals surface area contributed by atoms with Crippen LogP contribution in [0.2, 0.25) is 0 Å². The van der Waals surface area contributed by atoms with Crippen LogP contribution in [0.4, 0.5) is 0 Å². The fourth-order valence-electron chi connectivity index (χ4n) is 2.89. The molecule has 0 aliphatic carbocycles. The van der Waals surface area contributed by atoms with Crippen molar-refractivity contribution in [3.05, 3.63) is 59.8 Å². The van der Waals surface area contributed by atoms with Crippen LogP contribution in [0, 0.1) is 0 Å². The van der Waals surface area contributed by atoms with Crippen molar-refractivity contribution in [2.75, 3.05) is 7.05 Å². The molecule has 120 valence electrons. The van der Waals surface area contributed by atoms with E-state index in [-0.39, 0.29) is 5.91 Å². The average molecular weight is 336 g/mol. The molecule has 0 saturated heterocycles. The third-order valence-electron chi connectivity index (χ3n) is 4.22. The monoisotopic (exact) mass is 336 g/mol. The van der Waals surface area contributed by atoms with Gasteiger partial charge >= 0.3 is 0 Å². The smallest absolute Gasteiger partial charge is 0.253 e. The summed E-state index contributed by atoms with van der Waals surface area (Å²) in [6.07, 6.45) is 2.00. The first kappa shape index (κ1) is 14.8. The molecule has 2 aromatic heterocycles. The van der Waals surface area contributed by atoms with Crippen molar-refractivity contribution in [2.45, 2.75) is 6.54 Å². The van der Waals surface area contributed by atoms with Gasteiger partial charge in [-0.15, -0.1) is 0 Å². The van der Waals surface area contributed by atoms with Gasteiger partial charge in [0.25, 0.3) is 5.91 Å². The molecule has 0 fully saturated rings. The van der Waals surface area contributed by atoms with Crippen LogP contribution < -0.4 is 0 Å².